The number of ether oxygens (including phenoxy) is 2. The summed E-state index contributed by atoms with van der Waals surface area (Å²) in [7, 11) is -4.11. The van der Waals surface area contributed by atoms with Crippen molar-refractivity contribution in [1.82, 2.24) is 4.72 Å². The maximum atomic E-state index is 12.3. The number of sulfonamides is 1. The van der Waals surface area contributed by atoms with Crippen LogP contribution in [0.4, 0.5) is 13.2 Å². The van der Waals surface area contributed by atoms with E-state index in [9.17, 15) is 21.6 Å². The molecule has 2 rings (SSSR count). The molecule has 1 N–H and O–H groups in total. The van der Waals surface area contributed by atoms with Crippen molar-refractivity contribution in [3.05, 3.63) is 24.3 Å². The van der Waals surface area contributed by atoms with E-state index in [2.05, 4.69) is 9.46 Å². The van der Waals surface area contributed by atoms with Gasteiger partial charge in [0, 0.05) is 13.2 Å². The molecule has 1 aliphatic heterocycles. The molecule has 1 heterocycles. The van der Waals surface area contributed by atoms with Gasteiger partial charge in [0.2, 0.25) is 10.0 Å². The molecule has 1 saturated heterocycles. The highest BCUT2D eigenvalue weighted by Crippen LogP contribution is 2.29. The molecule has 0 aromatic heterocycles. The maximum Gasteiger partial charge on any atom is 0.573 e. The Bertz CT molecular complexity index is 582. The van der Waals surface area contributed by atoms with Gasteiger partial charge in [-0.15, -0.1) is 13.2 Å². The second-order valence-electron chi connectivity index (χ2n) is 4.48. The maximum absolute atomic E-state index is 12.3. The summed E-state index contributed by atoms with van der Waals surface area (Å²) >= 11 is 0. The summed E-state index contributed by atoms with van der Waals surface area (Å²) < 4.78 is 72.3. The van der Waals surface area contributed by atoms with E-state index in [0.717, 1.165) is 18.6 Å². The van der Waals surface area contributed by atoms with Crippen LogP contribution in [0.1, 0.15) is 12.8 Å². The van der Waals surface area contributed by atoms with Crippen molar-refractivity contribution in [2.75, 3.05) is 13.2 Å². The first-order valence-electron chi connectivity index (χ1n) is 6.24. The van der Waals surface area contributed by atoms with Crippen LogP contribution in [0.2, 0.25) is 0 Å². The monoisotopic (exact) mass is 325 g/mol. The molecule has 0 saturated carbocycles. The fourth-order valence-electron chi connectivity index (χ4n) is 1.97. The summed E-state index contributed by atoms with van der Waals surface area (Å²) in [6.07, 6.45) is -3.67. The van der Waals surface area contributed by atoms with Crippen molar-refractivity contribution in [2.24, 2.45) is 0 Å². The van der Waals surface area contributed by atoms with Crippen LogP contribution >= 0.6 is 0 Å². The Kier molecular flexibility index (Phi) is 4.74. The molecular weight excluding hydrogens is 311 g/mol. The number of para-hydroxylation sites is 1. The van der Waals surface area contributed by atoms with Gasteiger partial charge < -0.3 is 9.47 Å². The van der Waals surface area contributed by atoms with Gasteiger partial charge in [0.1, 0.15) is 10.6 Å². The standard InChI is InChI=1S/C12H14F3NO4S/c13-12(14,15)20-10-5-1-2-6-11(10)21(17,18)16-8-9-4-3-7-19-9/h1-2,5-6,9,16H,3-4,7-8H2/t9-/m1/s1. The van der Waals surface area contributed by atoms with Gasteiger partial charge >= 0.3 is 6.36 Å². The molecule has 118 valence electrons. The predicted molar refractivity (Wildman–Crippen MR) is 67.3 cm³/mol. The normalized spacial score (nSPS) is 19.7. The van der Waals surface area contributed by atoms with Crippen LogP contribution in [0.25, 0.3) is 0 Å². The number of nitrogens with one attached hydrogen (secondary N) is 1. The number of hydrogen-bond donors (Lipinski definition) is 1. The number of rotatable bonds is 5. The third kappa shape index (κ3) is 4.58. The van der Waals surface area contributed by atoms with Gasteiger partial charge in [-0.2, -0.15) is 0 Å². The highest BCUT2D eigenvalue weighted by atomic mass is 32.2. The van der Waals surface area contributed by atoms with Crippen LogP contribution in [-0.2, 0) is 14.8 Å². The minimum Gasteiger partial charge on any atom is -0.404 e. The highest BCUT2D eigenvalue weighted by molar-refractivity contribution is 7.89. The van der Waals surface area contributed by atoms with Crippen molar-refractivity contribution in [2.45, 2.75) is 30.2 Å². The first-order valence-corrected chi connectivity index (χ1v) is 7.72. The minimum atomic E-state index is -4.96. The first-order chi connectivity index (χ1) is 9.78. The SMILES string of the molecule is O=S(=O)(NC[C@H]1CCCO1)c1ccccc1OC(F)(F)F. The summed E-state index contributed by atoms with van der Waals surface area (Å²) in [6, 6.07) is 4.59. The van der Waals surface area contributed by atoms with Crippen LogP contribution in [0.3, 0.4) is 0 Å². The molecule has 1 aliphatic rings. The van der Waals surface area contributed by atoms with E-state index >= 15 is 0 Å². The van der Waals surface area contributed by atoms with E-state index in [1.54, 1.807) is 0 Å². The largest absolute Gasteiger partial charge is 0.573 e. The summed E-state index contributed by atoms with van der Waals surface area (Å²) in [5.41, 5.74) is 0. The van der Waals surface area contributed by atoms with Crippen molar-refractivity contribution in [3.63, 3.8) is 0 Å². The fourth-order valence-corrected chi connectivity index (χ4v) is 3.16. The molecule has 21 heavy (non-hydrogen) atoms. The van der Waals surface area contributed by atoms with Gasteiger partial charge in [-0.25, -0.2) is 13.1 Å². The molecule has 1 atom stereocenters. The van der Waals surface area contributed by atoms with E-state index < -0.39 is 27.0 Å². The van der Waals surface area contributed by atoms with Gasteiger partial charge in [0.25, 0.3) is 0 Å². The zero-order chi connectivity index (χ0) is 15.5. The number of benzene rings is 1. The Morgan fingerprint density at radius 3 is 2.67 bits per heavy atom. The van der Waals surface area contributed by atoms with Crippen LogP contribution in [0.15, 0.2) is 29.2 Å². The number of alkyl halides is 3. The number of halogens is 3. The van der Waals surface area contributed by atoms with Crippen LogP contribution in [-0.4, -0.2) is 34.0 Å². The van der Waals surface area contributed by atoms with Crippen LogP contribution < -0.4 is 9.46 Å². The van der Waals surface area contributed by atoms with Crippen molar-refractivity contribution in [3.8, 4) is 5.75 Å². The Morgan fingerprint density at radius 1 is 1.33 bits per heavy atom. The predicted octanol–water partition coefficient (Wildman–Crippen LogP) is 2.04. The van der Waals surface area contributed by atoms with E-state index in [1.165, 1.54) is 12.1 Å². The van der Waals surface area contributed by atoms with Gasteiger partial charge in [0.15, 0.2) is 0 Å². The first kappa shape index (κ1) is 16.1. The second kappa shape index (κ2) is 6.20. The van der Waals surface area contributed by atoms with E-state index in [0.29, 0.717) is 13.0 Å². The zero-order valence-corrected chi connectivity index (χ0v) is 11.7. The van der Waals surface area contributed by atoms with Crippen molar-refractivity contribution >= 4 is 10.0 Å². The average molecular weight is 325 g/mol. The molecule has 5 nitrogen and oxygen atoms in total. The molecule has 1 aromatic rings. The van der Waals surface area contributed by atoms with E-state index in [4.69, 9.17) is 4.74 Å². The lowest BCUT2D eigenvalue weighted by atomic mass is 10.2. The summed E-state index contributed by atoms with van der Waals surface area (Å²) in [4.78, 5) is -0.555. The molecule has 0 bridgehead atoms. The Morgan fingerprint density at radius 2 is 2.05 bits per heavy atom. The molecule has 0 unspecified atom stereocenters. The second-order valence-corrected chi connectivity index (χ2v) is 6.22. The Balaban J connectivity index is 2.15. The summed E-state index contributed by atoms with van der Waals surface area (Å²) in [6.45, 7) is 0.572. The molecule has 0 aliphatic carbocycles. The third-order valence-electron chi connectivity index (χ3n) is 2.89. The zero-order valence-electron chi connectivity index (χ0n) is 10.9. The lowest BCUT2D eigenvalue weighted by Crippen LogP contribution is -2.32. The molecule has 1 aromatic carbocycles. The minimum absolute atomic E-state index is 0.0166. The molecule has 9 heteroatoms. The van der Waals surface area contributed by atoms with E-state index in [-0.39, 0.29) is 12.6 Å². The van der Waals surface area contributed by atoms with Crippen molar-refractivity contribution in [1.29, 1.82) is 0 Å². The highest BCUT2D eigenvalue weighted by Gasteiger charge is 2.34. The van der Waals surface area contributed by atoms with E-state index in [1.807, 2.05) is 0 Å². The van der Waals surface area contributed by atoms with Gasteiger partial charge in [-0.05, 0) is 25.0 Å². The molecule has 0 radical (unpaired) electrons. The molecule has 0 spiro atoms. The average Bonchev–Trinajstić information content (AvgIpc) is 2.88. The summed E-state index contributed by atoms with van der Waals surface area (Å²) in [5, 5.41) is 0. The lowest BCUT2D eigenvalue weighted by molar-refractivity contribution is -0.275. The van der Waals surface area contributed by atoms with Crippen LogP contribution in [0, 0.1) is 0 Å². The van der Waals surface area contributed by atoms with Crippen LogP contribution in [0.5, 0.6) is 5.75 Å². The lowest BCUT2D eigenvalue weighted by Gasteiger charge is -2.15. The van der Waals surface area contributed by atoms with Gasteiger partial charge in [0.05, 0.1) is 6.10 Å². The van der Waals surface area contributed by atoms with Gasteiger partial charge in [-0.1, -0.05) is 12.1 Å². The van der Waals surface area contributed by atoms with Gasteiger partial charge in [-0.3, -0.25) is 0 Å². The molecule has 0 amide bonds. The molecular formula is C12H14F3NO4S. The molecule has 1 fully saturated rings. The van der Waals surface area contributed by atoms with Crippen molar-refractivity contribution < 1.29 is 31.1 Å². The number of hydrogen-bond acceptors (Lipinski definition) is 4. The fraction of sp³-hybridized carbons (Fsp3) is 0.500. The smallest absolute Gasteiger partial charge is 0.404 e. The quantitative estimate of drug-likeness (QED) is 0.900. The Hall–Kier alpha value is -1.32. The topological polar surface area (TPSA) is 64.6 Å². The third-order valence-corrected chi connectivity index (χ3v) is 4.35. The Labute approximate surface area is 120 Å². The summed E-state index contributed by atoms with van der Waals surface area (Å²) in [5.74, 6) is -0.759.